The highest BCUT2D eigenvalue weighted by Crippen LogP contribution is 2.20. The molecule has 7 heteroatoms. The third-order valence-electron chi connectivity index (χ3n) is 1.38. The second-order valence-electron chi connectivity index (χ2n) is 2.46. The molecule has 0 saturated carbocycles. The summed E-state index contributed by atoms with van der Waals surface area (Å²) in [5.74, 6) is -2.39. The predicted octanol–water partition coefficient (Wildman–Crippen LogP) is 0.593. The van der Waals surface area contributed by atoms with E-state index in [1.165, 1.54) is 12.3 Å². The molecule has 1 aromatic rings. The minimum Gasteiger partial charge on any atom is -0.480 e. The number of aromatic nitrogens is 1. The van der Waals surface area contributed by atoms with Crippen LogP contribution in [0.3, 0.4) is 0 Å². The fourth-order valence-corrected chi connectivity index (χ4v) is 2.43. The number of hydrogen-bond acceptors (Lipinski definition) is 4. The van der Waals surface area contributed by atoms with Gasteiger partial charge in [-0.05, 0) is 6.07 Å². The Morgan fingerprint density at radius 3 is 2.71 bits per heavy atom. The number of carbonyl (C=O) groups is 1. The molecule has 0 unspecified atom stereocenters. The summed E-state index contributed by atoms with van der Waals surface area (Å²) >= 11 is 5.56. The number of rotatable bonds is 3. The Balaban J connectivity index is 3.17. The highest BCUT2D eigenvalue weighted by molar-refractivity contribution is 7.92. The highest BCUT2D eigenvalue weighted by Gasteiger charge is 2.21. The zero-order valence-corrected chi connectivity index (χ0v) is 8.42. The van der Waals surface area contributed by atoms with Crippen LogP contribution in [0.2, 0.25) is 5.02 Å². The van der Waals surface area contributed by atoms with E-state index in [1.807, 2.05) is 0 Å². The molecule has 5 nitrogen and oxygen atoms in total. The number of pyridine rings is 1. The van der Waals surface area contributed by atoms with Crippen LogP contribution in [0.4, 0.5) is 0 Å². The van der Waals surface area contributed by atoms with Gasteiger partial charge in [0.15, 0.2) is 15.6 Å². The van der Waals surface area contributed by atoms with Crippen LogP contribution in [0.5, 0.6) is 0 Å². The smallest absolute Gasteiger partial charge is 0.319 e. The molecule has 0 aliphatic carbocycles. The van der Waals surface area contributed by atoms with E-state index in [1.54, 1.807) is 0 Å². The molecule has 0 aliphatic rings. The summed E-state index contributed by atoms with van der Waals surface area (Å²) in [4.78, 5) is 13.6. The van der Waals surface area contributed by atoms with Crippen LogP contribution in [0.15, 0.2) is 23.4 Å². The monoisotopic (exact) mass is 235 g/mol. The third kappa shape index (κ3) is 2.43. The lowest BCUT2D eigenvalue weighted by Gasteiger charge is -2.02. The van der Waals surface area contributed by atoms with Crippen molar-refractivity contribution in [3.05, 3.63) is 23.5 Å². The Bertz CT molecular complexity index is 457. The third-order valence-corrected chi connectivity index (χ3v) is 3.45. The van der Waals surface area contributed by atoms with Gasteiger partial charge in [0.05, 0.1) is 9.92 Å². The molecule has 1 N–H and O–H groups in total. The van der Waals surface area contributed by atoms with Gasteiger partial charge in [-0.25, -0.2) is 8.42 Å². The standard InChI is InChI=1S/C7H6ClNO4S/c8-5-3-9-2-1-6(5)14(12,13)4-7(10)11/h1-3H,4H2,(H,10,11). The molecule has 0 radical (unpaired) electrons. The summed E-state index contributed by atoms with van der Waals surface area (Å²) in [7, 11) is -3.86. The molecule has 0 atom stereocenters. The van der Waals surface area contributed by atoms with Gasteiger partial charge in [0, 0.05) is 12.4 Å². The van der Waals surface area contributed by atoms with Crippen LogP contribution < -0.4 is 0 Å². The molecule has 0 saturated heterocycles. The van der Waals surface area contributed by atoms with Gasteiger partial charge in [0.2, 0.25) is 0 Å². The topological polar surface area (TPSA) is 84.3 Å². The Morgan fingerprint density at radius 1 is 1.57 bits per heavy atom. The van der Waals surface area contributed by atoms with Crippen LogP contribution >= 0.6 is 11.6 Å². The molecule has 0 aliphatic heterocycles. The van der Waals surface area contributed by atoms with Gasteiger partial charge in [-0.3, -0.25) is 9.78 Å². The molecule has 1 heterocycles. The lowest BCUT2D eigenvalue weighted by Crippen LogP contribution is -2.15. The molecule has 0 aromatic carbocycles. The molecular formula is C7H6ClNO4S. The summed E-state index contributed by atoms with van der Waals surface area (Å²) in [6.45, 7) is 0. The summed E-state index contributed by atoms with van der Waals surface area (Å²) in [6, 6.07) is 1.17. The second-order valence-corrected chi connectivity index (χ2v) is 4.82. The van der Waals surface area contributed by atoms with Crippen LogP contribution in [-0.4, -0.2) is 30.2 Å². The maximum atomic E-state index is 11.4. The van der Waals surface area contributed by atoms with Crippen LogP contribution in [-0.2, 0) is 14.6 Å². The molecule has 0 bridgehead atoms. The van der Waals surface area contributed by atoms with Crippen molar-refractivity contribution in [2.45, 2.75) is 4.90 Å². The molecular weight excluding hydrogens is 230 g/mol. The average molecular weight is 236 g/mol. The number of aliphatic carboxylic acids is 1. The zero-order chi connectivity index (χ0) is 10.8. The summed E-state index contributed by atoms with van der Waals surface area (Å²) in [6.07, 6.45) is 2.39. The fraction of sp³-hybridized carbons (Fsp3) is 0.143. The molecule has 14 heavy (non-hydrogen) atoms. The first kappa shape index (κ1) is 10.9. The quantitative estimate of drug-likeness (QED) is 0.829. The number of nitrogens with zero attached hydrogens (tertiary/aromatic N) is 1. The van der Waals surface area contributed by atoms with Crippen molar-refractivity contribution in [1.82, 2.24) is 4.98 Å². The van der Waals surface area contributed by atoms with Crippen molar-refractivity contribution in [2.75, 3.05) is 5.75 Å². The average Bonchev–Trinajstić information content (AvgIpc) is 2.02. The Morgan fingerprint density at radius 2 is 2.21 bits per heavy atom. The van der Waals surface area contributed by atoms with Crippen LogP contribution in [0, 0.1) is 0 Å². The van der Waals surface area contributed by atoms with E-state index in [-0.39, 0.29) is 9.92 Å². The minimum absolute atomic E-state index is 0.0752. The number of carboxylic acid groups (broad SMARTS) is 1. The summed E-state index contributed by atoms with van der Waals surface area (Å²) < 4.78 is 22.7. The maximum Gasteiger partial charge on any atom is 0.319 e. The van der Waals surface area contributed by atoms with E-state index in [2.05, 4.69) is 4.98 Å². The molecule has 1 aromatic heterocycles. The first-order chi connectivity index (χ1) is 6.43. The minimum atomic E-state index is -3.86. The van der Waals surface area contributed by atoms with Gasteiger partial charge in [-0.15, -0.1) is 0 Å². The van der Waals surface area contributed by atoms with Crippen LogP contribution in [0.25, 0.3) is 0 Å². The Labute approximate surface area is 85.3 Å². The largest absolute Gasteiger partial charge is 0.480 e. The summed E-state index contributed by atoms with van der Waals surface area (Å²) in [5, 5.41) is 8.29. The van der Waals surface area contributed by atoms with Crippen molar-refractivity contribution in [1.29, 1.82) is 0 Å². The number of hydrogen-bond donors (Lipinski definition) is 1. The number of sulfone groups is 1. The van der Waals surface area contributed by atoms with E-state index < -0.39 is 21.6 Å². The predicted molar refractivity (Wildman–Crippen MR) is 48.9 cm³/mol. The van der Waals surface area contributed by atoms with Gasteiger partial charge in [-0.1, -0.05) is 11.6 Å². The van der Waals surface area contributed by atoms with Crippen molar-refractivity contribution >= 4 is 27.4 Å². The van der Waals surface area contributed by atoms with Crippen molar-refractivity contribution in [2.24, 2.45) is 0 Å². The van der Waals surface area contributed by atoms with E-state index in [9.17, 15) is 13.2 Å². The zero-order valence-electron chi connectivity index (χ0n) is 6.84. The Kier molecular flexibility index (Phi) is 3.07. The van der Waals surface area contributed by atoms with Gasteiger partial charge >= 0.3 is 5.97 Å². The van der Waals surface area contributed by atoms with Crippen LogP contribution in [0.1, 0.15) is 0 Å². The fourth-order valence-electron chi connectivity index (χ4n) is 0.855. The number of carboxylic acids is 1. The van der Waals surface area contributed by atoms with Gasteiger partial charge in [0.25, 0.3) is 0 Å². The van der Waals surface area contributed by atoms with Crippen molar-refractivity contribution in [3.63, 3.8) is 0 Å². The first-order valence-corrected chi connectivity index (χ1v) is 5.50. The normalized spacial score (nSPS) is 11.2. The molecule has 0 spiro atoms. The first-order valence-electron chi connectivity index (χ1n) is 3.47. The second kappa shape index (κ2) is 3.93. The van der Waals surface area contributed by atoms with E-state index in [4.69, 9.17) is 16.7 Å². The van der Waals surface area contributed by atoms with Gasteiger partial charge in [-0.2, -0.15) is 0 Å². The van der Waals surface area contributed by atoms with E-state index >= 15 is 0 Å². The van der Waals surface area contributed by atoms with Crippen molar-refractivity contribution in [3.8, 4) is 0 Å². The lowest BCUT2D eigenvalue weighted by molar-refractivity contribution is -0.134. The van der Waals surface area contributed by atoms with Gasteiger partial charge in [0.1, 0.15) is 0 Å². The molecule has 1 rings (SSSR count). The SMILES string of the molecule is O=C(O)CS(=O)(=O)c1ccncc1Cl. The van der Waals surface area contributed by atoms with Crippen molar-refractivity contribution < 1.29 is 18.3 Å². The van der Waals surface area contributed by atoms with E-state index in [0.717, 1.165) is 6.20 Å². The van der Waals surface area contributed by atoms with E-state index in [0.29, 0.717) is 0 Å². The van der Waals surface area contributed by atoms with Gasteiger partial charge < -0.3 is 5.11 Å². The molecule has 0 amide bonds. The Hall–Kier alpha value is -1.14. The summed E-state index contributed by atoms with van der Waals surface area (Å²) in [5.41, 5.74) is 0. The molecule has 76 valence electrons. The maximum absolute atomic E-state index is 11.4. The highest BCUT2D eigenvalue weighted by atomic mass is 35.5. The number of halogens is 1. The lowest BCUT2D eigenvalue weighted by atomic mass is 10.5. The molecule has 0 fully saturated rings.